The molecule has 3 rings (SSSR count). The fraction of sp³-hybridized carbons (Fsp3) is 0.182. The van der Waals surface area contributed by atoms with Crippen LogP contribution in [0.4, 0.5) is 0 Å². The monoisotopic (exact) mass is 393 g/mol. The minimum Gasteiger partial charge on any atom is -0.494 e. The Morgan fingerprint density at radius 2 is 1.62 bits per heavy atom. The summed E-state index contributed by atoms with van der Waals surface area (Å²) in [6.45, 7) is 4.08. The molecule has 0 saturated carbocycles. The van der Waals surface area contributed by atoms with E-state index in [0.29, 0.717) is 18.1 Å². The number of aromatic amines is 1. The quantitative estimate of drug-likeness (QED) is 0.537. The van der Waals surface area contributed by atoms with Gasteiger partial charge in [-0.05, 0) is 55.8 Å². The Balaban J connectivity index is 1.50. The molecular weight excluding hydrogens is 370 g/mol. The molecular formula is C22H23N3O4. The molecule has 2 amide bonds. The number of H-pyrrole nitrogens is 1. The van der Waals surface area contributed by atoms with Gasteiger partial charge in [-0.1, -0.05) is 30.3 Å². The molecule has 3 N–H and O–H groups in total. The zero-order chi connectivity index (χ0) is 20.6. The van der Waals surface area contributed by atoms with Gasteiger partial charge in [0.2, 0.25) is 0 Å². The molecule has 150 valence electrons. The second-order valence-electron chi connectivity index (χ2n) is 6.26. The third kappa shape index (κ3) is 5.38. The molecule has 29 heavy (non-hydrogen) atoms. The summed E-state index contributed by atoms with van der Waals surface area (Å²) in [6, 6.07) is 20.1. The van der Waals surface area contributed by atoms with Crippen LogP contribution in [0.1, 0.15) is 24.3 Å². The Kier molecular flexibility index (Phi) is 6.52. The molecule has 1 atom stereocenters. The lowest BCUT2D eigenvalue weighted by Crippen LogP contribution is -2.47. The largest absolute Gasteiger partial charge is 0.494 e. The maximum absolute atomic E-state index is 12.3. The number of ether oxygens (including phenoxy) is 2. The Hall–Kier alpha value is -3.74. The van der Waals surface area contributed by atoms with Crippen molar-refractivity contribution in [2.45, 2.75) is 20.0 Å². The molecule has 1 unspecified atom stereocenters. The van der Waals surface area contributed by atoms with Crippen molar-refractivity contribution >= 4 is 11.8 Å². The summed E-state index contributed by atoms with van der Waals surface area (Å²) in [5, 5.41) is 0. The van der Waals surface area contributed by atoms with Crippen molar-refractivity contribution in [1.29, 1.82) is 0 Å². The van der Waals surface area contributed by atoms with Gasteiger partial charge in [0.05, 0.1) is 6.61 Å². The topological polar surface area (TPSA) is 92.4 Å². The van der Waals surface area contributed by atoms with Crippen LogP contribution in [0.15, 0.2) is 66.7 Å². The second kappa shape index (κ2) is 9.45. The normalized spacial score (nSPS) is 11.4. The average Bonchev–Trinajstić information content (AvgIpc) is 3.24. The van der Waals surface area contributed by atoms with E-state index in [1.165, 1.54) is 0 Å². The van der Waals surface area contributed by atoms with Crippen molar-refractivity contribution in [3.8, 4) is 22.8 Å². The number of hydrogen-bond acceptors (Lipinski definition) is 4. The Bertz CT molecular complexity index is 952. The van der Waals surface area contributed by atoms with Crippen molar-refractivity contribution in [2.24, 2.45) is 0 Å². The molecule has 0 aliphatic rings. The van der Waals surface area contributed by atoms with Gasteiger partial charge >= 0.3 is 0 Å². The molecule has 7 heteroatoms. The first kappa shape index (κ1) is 20.0. The standard InChI is InChI=1S/C22H23N3O4/c1-3-28-17-9-11-18(12-10-17)29-15(2)21(26)24-25-22(27)20-14-13-19(23-20)16-7-5-4-6-8-16/h4-15,23H,3H2,1-2H3,(H,24,26)(H,25,27). The van der Waals surface area contributed by atoms with Gasteiger partial charge in [-0.2, -0.15) is 0 Å². The first-order chi connectivity index (χ1) is 14.1. The molecule has 1 heterocycles. The first-order valence-corrected chi connectivity index (χ1v) is 9.31. The maximum atomic E-state index is 12.3. The molecule has 0 fully saturated rings. The number of rotatable bonds is 7. The van der Waals surface area contributed by atoms with Crippen LogP contribution in [0.25, 0.3) is 11.3 Å². The zero-order valence-corrected chi connectivity index (χ0v) is 16.3. The lowest BCUT2D eigenvalue weighted by Gasteiger charge is -2.15. The zero-order valence-electron chi connectivity index (χ0n) is 16.3. The minimum atomic E-state index is -0.795. The first-order valence-electron chi connectivity index (χ1n) is 9.31. The molecule has 1 aromatic heterocycles. The van der Waals surface area contributed by atoms with Crippen molar-refractivity contribution in [3.05, 3.63) is 72.4 Å². The van der Waals surface area contributed by atoms with Gasteiger partial charge in [0.15, 0.2) is 6.10 Å². The van der Waals surface area contributed by atoms with Crippen LogP contribution in [-0.2, 0) is 4.79 Å². The summed E-state index contributed by atoms with van der Waals surface area (Å²) in [5.41, 5.74) is 6.88. The highest BCUT2D eigenvalue weighted by Gasteiger charge is 2.16. The minimum absolute atomic E-state index is 0.337. The summed E-state index contributed by atoms with van der Waals surface area (Å²) in [6.07, 6.45) is -0.795. The number of carbonyl (C=O) groups excluding carboxylic acids is 2. The third-order valence-electron chi connectivity index (χ3n) is 4.13. The van der Waals surface area contributed by atoms with Crippen molar-refractivity contribution in [1.82, 2.24) is 15.8 Å². The molecule has 0 aliphatic carbocycles. The van der Waals surface area contributed by atoms with Crippen molar-refractivity contribution < 1.29 is 19.1 Å². The summed E-state index contributed by atoms with van der Waals surface area (Å²) in [4.78, 5) is 27.5. The number of carbonyl (C=O) groups is 2. The fourth-order valence-electron chi connectivity index (χ4n) is 2.64. The number of hydrazine groups is 1. The van der Waals surface area contributed by atoms with Gasteiger partial charge in [0, 0.05) is 5.69 Å². The highest BCUT2D eigenvalue weighted by molar-refractivity contribution is 5.95. The van der Waals surface area contributed by atoms with Gasteiger partial charge in [0.25, 0.3) is 11.8 Å². The molecule has 7 nitrogen and oxygen atoms in total. The van der Waals surface area contributed by atoms with Crippen LogP contribution in [0.3, 0.4) is 0 Å². The second-order valence-corrected chi connectivity index (χ2v) is 6.26. The number of aromatic nitrogens is 1. The summed E-state index contributed by atoms with van der Waals surface area (Å²) in [5.74, 6) is 0.334. The van der Waals surface area contributed by atoms with Crippen molar-refractivity contribution in [2.75, 3.05) is 6.61 Å². The average molecular weight is 393 g/mol. The lowest BCUT2D eigenvalue weighted by atomic mass is 10.2. The molecule has 0 bridgehead atoms. The van der Waals surface area contributed by atoms with E-state index in [1.54, 1.807) is 37.3 Å². The highest BCUT2D eigenvalue weighted by atomic mass is 16.5. The van der Waals surface area contributed by atoms with Gasteiger partial charge in [-0.15, -0.1) is 0 Å². The fourth-order valence-corrected chi connectivity index (χ4v) is 2.64. The van der Waals surface area contributed by atoms with E-state index in [4.69, 9.17) is 9.47 Å². The van der Waals surface area contributed by atoms with E-state index < -0.39 is 17.9 Å². The van der Waals surface area contributed by atoms with E-state index in [2.05, 4.69) is 15.8 Å². The molecule has 0 saturated heterocycles. The van der Waals surface area contributed by atoms with Crippen LogP contribution in [0.5, 0.6) is 11.5 Å². The summed E-state index contributed by atoms with van der Waals surface area (Å²) < 4.78 is 10.9. The van der Waals surface area contributed by atoms with E-state index in [9.17, 15) is 9.59 Å². The smallest absolute Gasteiger partial charge is 0.286 e. The molecule has 0 radical (unpaired) electrons. The predicted molar refractivity (Wildman–Crippen MR) is 110 cm³/mol. The lowest BCUT2D eigenvalue weighted by molar-refractivity contribution is -0.128. The van der Waals surface area contributed by atoms with Gasteiger partial charge in [-0.3, -0.25) is 20.4 Å². The molecule has 2 aromatic carbocycles. The Morgan fingerprint density at radius 3 is 2.31 bits per heavy atom. The van der Waals surface area contributed by atoms with Crippen LogP contribution < -0.4 is 20.3 Å². The Morgan fingerprint density at radius 1 is 0.931 bits per heavy atom. The molecule has 0 aliphatic heterocycles. The molecule has 0 spiro atoms. The van der Waals surface area contributed by atoms with Crippen molar-refractivity contribution in [3.63, 3.8) is 0 Å². The number of benzene rings is 2. The van der Waals surface area contributed by atoms with Crippen LogP contribution >= 0.6 is 0 Å². The molecule has 3 aromatic rings. The van der Waals surface area contributed by atoms with E-state index in [0.717, 1.165) is 17.0 Å². The SMILES string of the molecule is CCOc1ccc(OC(C)C(=O)NNC(=O)c2ccc(-c3ccccc3)[nH]2)cc1. The van der Waals surface area contributed by atoms with Gasteiger partial charge in [-0.25, -0.2) is 0 Å². The maximum Gasteiger partial charge on any atom is 0.286 e. The van der Waals surface area contributed by atoms with Crippen LogP contribution in [0, 0.1) is 0 Å². The summed E-state index contributed by atoms with van der Waals surface area (Å²) in [7, 11) is 0. The highest BCUT2D eigenvalue weighted by Crippen LogP contribution is 2.19. The predicted octanol–water partition coefficient (Wildman–Crippen LogP) is 3.31. The number of hydrogen-bond donors (Lipinski definition) is 3. The van der Waals surface area contributed by atoms with Crippen LogP contribution in [-0.4, -0.2) is 29.5 Å². The van der Waals surface area contributed by atoms with Crippen LogP contribution in [0.2, 0.25) is 0 Å². The van der Waals surface area contributed by atoms with Gasteiger partial charge in [0.1, 0.15) is 17.2 Å². The number of nitrogens with one attached hydrogen (secondary N) is 3. The van der Waals surface area contributed by atoms with E-state index in [-0.39, 0.29) is 0 Å². The van der Waals surface area contributed by atoms with Gasteiger partial charge < -0.3 is 14.5 Å². The number of amides is 2. The third-order valence-corrected chi connectivity index (χ3v) is 4.13. The van der Waals surface area contributed by atoms with E-state index in [1.807, 2.05) is 43.3 Å². The van der Waals surface area contributed by atoms with E-state index >= 15 is 0 Å². The Labute approximate surface area is 169 Å². The summed E-state index contributed by atoms with van der Waals surface area (Å²) >= 11 is 0.